The highest BCUT2D eigenvalue weighted by Crippen LogP contribution is 2.62. The molecule has 0 aliphatic carbocycles. The van der Waals surface area contributed by atoms with Crippen LogP contribution in [-0.4, -0.2) is 18.8 Å². The average Bonchev–Trinajstić information content (AvgIpc) is 2.81. The van der Waals surface area contributed by atoms with Crippen LogP contribution >= 0.6 is 8.53 Å². The molecule has 6 heteroatoms. The summed E-state index contributed by atoms with van der Waals surface area (Å²) in [4.78, 5) is 0. The lowest BCUT2D eigenvalue weighted by Crippen LogP contribution is -2.34. The van der Waals surface area contributed by atoms with Crippen molar-refractivity contribution in [3.8, 4) is 28.7 Å². The number of rotatable bonds is 1. The fourth-order valence-corrected chi connectivity index (χ4v) is 5.63. The zero-order valence-corrected chi connectivity index (χ0v) is 19.2. The SMILES string of the molecule is CN(C)P1Oc2cccc3c2[C@]2(/C=C/C=C\C=C\O3)c3ccccc3Oc3cccc(c32)O1. The maximum Gasteiger partial charge on any atom is 0.384 e. The number of fused-ring (bicyclic) bond motifs is 1. The second-order valence-electron chi connectivity index (χ2n) is 8.12. The second kappa shape index (κ2) is 7.80. The van der Waals surface area contributed by atoms with Gasteiger partial charge in [0.1, 0.15) is 28.7 Å². The Bertz CT molecular complexity index is 1330. The van der Waals surface area contributed by atoms with E-state index in [0.29, 0.717) is 5.75 Å². The molecule has 0 radical (unpaired) electrons. The van der Waals surface area contributed by atoms with Crippen molar-refractivity contribution in [3.05, 3.63) is 114 Å². The van der Waals surface area contributed by atoms with Gasteiger partial charge in [0.25, 0.3) is 0 Å². The zero-order chi connectivity index (χ0) is 22.4. The molecule has 0 saturated heterocycles. The van der Waals surface area contributed by atoms with Gasteiger partial charge in [-0.25, -0.2) is 4.67 Å². The number of hydrogen-bond acceptors (Lipinski definition) is 5. The Morgan fingerprint density at radius 2 is 1.30 bits per heavy atom. The minimum atomic E-state index is -1.40. The van der Waals surface area contributed by atoms with E-state index in [1.54, 1.807) is 6.26 Å². The van der Waals surface area contributed by atoms with Crippen molar-refractivity contribution in [2.24, 2.45) is 0 Å². The average molecular weight is 455 g/mol. The summed E-state index contributed by atoms with van der Waals surface area (Å²) in [5.74, 6) is 3.70. The number of para-hydroxylation sites is 1. The molecule has 0 amide bonds. The Hall–Kier alpha value is -3.53. The molecule has 0 bridgehead atoms. The van der Waals surface area contributed by atoms with Crippen LogP contribution in [-0.2, 0) is 5.41 Å². The van der Waals surface area contributed by atoms with E-state index in [1.165, 1.54) is 0 Å². The van der Waals surface area contributed by atoms with Crippen molar-refractivity contribution in [3.63, 3.8) is 0 Å². The van der Waals surface area contributed by atoms with E-state index in [1.807, 2.05) is 91.6 Å². The van der Waals surface area contributed by atoms with Crippen LogP contribution in [0.5, 0.6) is 28.7 Å². The summed E-state index contributed by atoms with van der Waals surface area (Å²) in [6.45, 7) is 0. The van der Waals surface area contributed by atoms with Crippen LogP contribution in [0.4, 0.5) is 0 Å². The van der Waals surface area contributed by atoms with Crippen molar-refractivity contribution in [2.75, 3.05) is 14.1 Å². The summed E-state index contributed by atoms with van der Waals surface area (Å²) in [6, 6.07) is 20.0. The number of allylic oxidation sites excluding steroid dienone is 5. The first-order chi connectivity index (χ1) is 16.2. The van der Waals surface area contributed by atoms with Gasteiger partial charge in [0.2, 0.25) is 0 Å². The molecule has 33 heavy (non-hydrogen) atoms. The fourth-order valence-electron chi connectivity index (χ4n) is 4.62. The van der Waals surface area contributed by atoms with Crippen LogP contribution in [0.1, 0.15) is 16.7 Å². The van der Waals surface area contributed by atoms with E-state index < -0.39 is 13.9 Å². The lowest BCUT2D eigenvalue weighted by Gasteiger charge is -2.42. The van der Waals surface area contributed by atoms with Gasteiger partial charge in [-0.1, -0.05) is 54.6 Å². The third-order valence-corrected chi connectivity index (χ3v) is 7.29. The summed E-state index contributed by atoms with van der Waals surface area (Å²) in [7, 11) is 2.50. The molecule has 3 heterocycles. The van der Waals surface area contributed by atoms with E-state index in [4.69, 9.17) is 18.5 Å². The molecule has 0 aromatic heterocycles. The minimum absolute atomic E-state index is 0.715. The highest BCUT2D eigenvalue weighted by Gasteiger charge is 2.49. The van der Waals surface area contributed by atoms with Gasteiger partial charge in [0.15, 0.2) is 0 Å². The first kappa shape index (κ1) is 20.1. The number of nitrogens with zero attached hydrogens (tertiary/aromatic N) is 1. The number of benzene rings is 3. The maximum absolute atomic E-state index is 6.55. The van der Waals surface area contributed by atoms with Gasteiger partial charge in [-0.15, -0.1) is 0 Å². The molecule has 3 aliphatic heterocycles. The van der Waals surface area contributed by atoms with Gasteiger partial charge in [0.05, 0.1) is 22.8 Å². The fraction of sp³-hybridized carbons (Fsp3) is 0.111. The molecule has 2 atom stereocenters. The van der Waals surface area contributed by atoms with Crippen LogP contribution in [0.2, 0.25) is 0 Å². The lowest BCUT2D eigenvalue weighted by molar-refractivity contribution is 0.376. The Labute approximate surface area is 194 Å². The van der Waals surface area contributed by atoms with Crippen molar-refractivity contribution >= 4 is 8.53 Å². The summed E-state index contributed by atoms with van der Waals surface area (Å²) >= 11 is 0. The van der Waals surface area contributed by atoms with E-state index in [2.05, 4.69) is 18.2 Å². The molecule has 164 valence electrons. The van der Waals surface area contributed by atoms with Gasteiger partial charge in [-0.3, -0.25) is 0 Å². The van der Waals surface area contributed by atoms with Gasteiger partial charge in [0, 0.05) is 5.56 Å². The van der Waals surface area contributed by atoms with Gasteiger partial charge in [-0.05, 0) is 50.5 Å². The van der Waals surface area contributed by atoms with E-state index in [0.717, 1.165) is 39.7 Å². The predicted molar refractivity (Wildman–Crippen MR) is 129 cm³/mol. The first-order valence-corrected chi connectivity index (χ1v) is 11.9. The summed E-state index contributed by atoms with van der Waals surface area (Å²) in [5.41, 5.74) is 2.10. The highest BCUT2D eigenvalue weighted by atomic mass is 31.2. The third-order valence-electron chi connectivity index (χ3n) is 5.93. The van der Waals surface area contributed by atoms with Crippen LogP contribution in [0.15, 0.2) is 97.3 Å². The van der Waals surface area contributed by atoms with E-state index in [9.17, 15) is 0 Å². The lowest BCUT2D eigenvalue weighted by atomic mass is 9.66. The zero-order valence-electron chi connectivity index (χ0n) is 18.3. The molecule has 0 saturated carbocycles. The Morgan fingerprint density at radius 1 is 0.667 bits per heavy atom. The predicted octanol–water partition coefficient (Wildman–Crippen LogP) is 6.70. The molecule has 1 unspecified atom stereocenters. The summed E-state index contributed by atoms with van der Waals surface area (Å²) < 4.78 is 27.6. The van der Waals surface area contributed by atoms with E-state index in [-0.39, 0.29) is 0 Å². The second-order valence-corrected chi connectivity index (χ2v) is 9.76. The minimum Gasteiger partial charge on any atom is -0.465 e. The molecular formula is C27H22NO4P. The molecule has 0 N–H and O–H groups in total. The normalized spacial score (nSPS) is 24.6. The molecule has 3 aromatic rings. The molecular weight excluding hydrogens is 433 g/mol. The van der Waals surface area contributed by atoms with Gasteiger partial charge >= 0.3 is 8.53 Å². The van der Waals surface area contributed by atoms with Crippen LogP contribution in [0.25, 0.3) is 0 Å². The van der Waals surface area contributed by atoms with Crippen molar-refractivity contribution in [1.82, 2.24) is 4.67 Å². The number of hydrogen-bond donors (Lipinski definition) is 0. The first-order valence-electron chi connectivity index (χ1n) is 10.7. The van der Waals surface area contributed by atoms with Gasteiger partial charge < -0.3 is 18.5 Å². The van der Waals surface area contributed by atoms with Crippen LogP contribution < -0.4 is 18.5 Å². The smallest absolute Gasteiger partial charge is 0.384 e. The third kappa shape index (κ3) is 3.08. The topological polar surface area (TPSA) is 40.2 Å². The standard InChI is InChI=1S/C27H22NO4P/c1-28(2)33-31-23-15-9-13-21-25(23)27(17-7-3-4-8-18-29-21)19-11-5-6-12-20(19)30-22-14-10-16-24(32-33)26(22)27/h3-18H,1-2H3/b4-3-,17-7+,18-8+/t27-,33?/m0/s1. The summed E-state index contributed by atoms with van der Waals surface area (Å²) in [6.07, 6.45) is 11.8. The maximum atomic E-state index is 6.55. The molecule has 6 rings (SSSR count). The van der Waals surface area contributed by atoms with Gasteiger partial charge in [-0.2, -0.15) is 0 Å². The van der Waals surface area contributed by atoms with E-state index >= 15 is 0 Å². The Morgan fingerprint density at radius 3 is 2.09 bits per heavy atom. The molecule has 3 aromatic carbocycles. The van der Waals surface area contributed by atoms with Crippen molar-refractivity contribution in [1.29, 1.82) is 0 Å². The Kier molecular flexibility index (Phi) is 4.75. The molecule has 5 nitrogen and oxygen atoms in total. The molecule has 1 spiro atoms. The van der Waals surface area contributed by atoms with Crippen molar-refractivity contribution < 1.29 is 18.5 Å². The quantitative estimate of drug-likeness (QED) is 0.382. The van der Waals surface area contributed by atoms with Crippen LogP contribution in [0, 0.1) is 0 Å². The number of ether oxygens (including phenoxy) is 2. The molecule has 3 aliphatic rings. The largest absolute Gasteiger partial charge is 0.465 e. The summed E-state index contributed by atoms with van der Waals surface area (Å²) in [5, 5.41) is 0. The Balaban J connectivity index is 1.80. The molecule has 0 fully saturated rings. The van der Waals surface area contributed by atoms with Crippen LogP contribution in [0.3, 0.4) is 0 Å². The monoisotopic (exact) mass is 455 g/mol. The van der Waals surface area contributed by atoms with Crippen molar-refractivity contribution in [2.45, 2.75) is 5.41 Å². The highest BCUT2D eigenvalue weighted by molar-refractivity contribution is 7.45.